The highest BCUT2D eigenvalue weighted by Crippen LogP contribution is 2.35. The summed E-state index contributed by atoms with van der Waals surface area (Å²) in [7, 11) is 0. The highest BCUT2D eigenvalue weighted by Gasteiger charge is 2.30. The molecule has 1 N–H and O–H groups in total. The fourth-order valence-corrected chi connectivity index (χ4v) is 4.03. The summed E-state index contributed by atoms with van der Waals surface area (Å²) in [4.78, 5) is 44.2. The zero-order chi connectivity index (χ0) is 19.1. The van der Waals surface area contributed by atoms with Crippen molar-refractivity contribution in [2.45, 2.75) is 38.6 Å². The molecule has 4 rings (SSSR count). The first-order valence-electron chi connectivity index (χ1n) is 8.93. The van der Waals surface area contributed by atoms with Crippen LogP contribution in [-0.4, -0.2) is 20.3 Å². The summed E-state index contributed by atoms with van der Waals surface area (Å²) < 4.78 is 1.46. The lowest BCUT2D eigenvalue weighted by Crippen LogP contribution is -2.33. The topological polar surface area (TPSA) is 84.8 Å². The molecule has 6 nitrogen and oxygen atoms in total. The van der Waals surface area contributed by atoms with Gasteiger partial charge in [-0.15, -0.1) is 0 Å². The molecule has 1 aromatic carbocycles. The van der Waals surface area contributed by atoms with Crippen LogP contribution < -0.4 is 11.2 Å². The Labute approximate surface area is 159 Å². The number of ketones is 1. The summed E-state index contributed by atoms with van der Waals surface area (Å²) >= 11 is 6.11. The number of H-pyrrole nitrogens is 1. The maximum absolute atomic E-state index is 12.7. The van der Waals surface area contributed by atoms with Gasteiger partial charge < -0.3 is 0 Å². The number of aromatic amines is 1. The molecule has 0 saturated heterocycles. The molecule has 2 heterocycles. The Hall–Kier alpha value is -2.73. The fraction of sp³-hybridized carbons (Fsp3) is 0.300. The molecule has 2 aromatic heterocycles. The number of hydrogen-bond acceptors (Lipinski definition) is 4. The predicted molar refractivity (Wildman–Crippen MR) is 104 cm³/mol. The van der Waals surface area contributed by atoms with Crippen molar-refractivity contribution >= 4 is 28.4 Å². The molecule has 0 saturated carbocycles. The van der Waals surface area contributed by atoms with Crippen LogP contribution in [0.2, 0.25) is 5.02 Å². The quantitative estimate of drug-likeness (QED) is 0.753. The lowest BCUT2D eigenvalue weighted by Gasteiger charge is -2.25. The molecule has 1 aliphatic rings. The van der Waals surface area contributed by atoms with Crippen LogP contribution in [0.25, 0.3) is 11.0 Å². The molecule has 138 valence electrons. The highest BCUT2D eigenvalue weighted by molar-refractivity contribution is 6.30. The van der Waals surface area contributed by atoms with E-state index < -0.39 is 11.2 Å². The van der Waals surface area contributed by atoms with Crippen LogP contribution in [0.15, 0.2) is 40.1 Å². The van der Waals surface area contributed by atoms with Gasteiger partial charge >= 0.3 is 5.69 Å². The summed E-state index contributed by atoms with van der Waals surface area (Å²) in [5.74, 6) is -0.122. The monoisotopic (exact) mass is 383 g/mol. The van der Waals surface area contributed by atoms with Crippen LogP contribution in [0.4, 0.5) is 0 Å². The second-order valence-electron chi connectivity index (χ2n) is 6.84. The van der Waals surface area contributed by atoms with Gasteiger partial charge in [-0.3, -0.25) is 19.1 Å². The molecule has 0 amide bonds. The van der Waals surface area contributed by atoms with Crippen molar-refractivity contribution in [2.75, 3.05) is 0 Å². The average molecular weight is 384 g/mol. The number of pyridine rings is 1. The van der Waals surface area contributed by atoms with Gasteiger partial charge in [-0.05, 0) is 42.0 Å². The number of rotatable bonds is 3. The maximum Gasteiger partial charge on any atom is 0.329 e. The maximum atomic E-state index is 12.7. The molecule has 7 heteroatoms. The Kier molecular flexibility index (Phi) is 4.44. The van der Waals surface area contributed by atoms with Crippen molar-refractivity contribution in [3.63, 3.8) is 0 Å². The first-order valence-corrected chi connectivity index (χ1v) is 9.30. The van der Waals surface area contributed by atoms with Gasteiger partial charge in [0.05, 0.1) is 5.39 Å². The number of benzene rings is 1. The number of halogens is 1. The molecule has 1 atom stereocenters. The average Bonchev–Trinajstić information content (AvgIpc) is 2.64. The van der Waals surface area contributed by atoms with Crippen molar-refractivity contribution in [1.82, 2.24) is 14.5 Å². The van der Waals surface area contributed by atoms with E-state index >= 15 is 0 Å². The van der Waals surface area contributed by atoms with E-state index in [0.29, 0.717) is 46.6 Å². The molecule has 1 aliphatic carbocycles. The van der Waals surface area contributed by atoms with Crippen molar-refractivity contribution in [1.29, 1.82) is 0 Å². The Bertz CT molecular complexity index is 1180. The first kappa shape index (κ1) is 17.7. The largest absolute Gasteiger partial charge is 0.329 e. The molecule has 3 aromatic rings. The second kappa shape index (κ2) is 6.78. The zero-order valence-electron chi connectivity index (χ0n) is 14.8. The number of nitrogens with zero attached hydrogens (tertiary/aromatic N) is 2. The molecular weight excluding hydrogens is 366 g/mol. The van der Waals surface area contributed by atoms with Crippen LogP contribution in [0.1, 0.15) is 47.2 Å². The van der Waals surface area contributed by atoms with E-state index in [9.17, 15) is 14.4 Å². The van der Waals surface area contributed by atoms with Gasteiger partial charge in [0, 0.05) is 29.7 Å². The van der Waals surface area contributed by atoms with Gasteiger partial charge in [-0.2, -0.15) is 0 Å². The predicted octanol–water partition coefficient (Wildman–Crippen LogP) is 3.06. The first-order chi connectivity index (χ1) is 13.0. The molecule has 27 heavy (non-hydrogen) atoms. The minimum Gasteiger partial charge on any atom is -0.294 e. The van der Waals surface area contributed by atoms with E-state index in [4.69, 9.17) is 11.6 Å². The molecule has 0 fully saturated rings. The normalized spacial score (nSPS) is 16.5. The zero-order valence-corrected chi connectivity index (χ0v) is 15.5. The van der Waals surface area contributed by atoms with E-state index in [1.54, 1.807) is 6.07 Å². The highest BCUT2D eigenvalue weighted by atomic mass is 35.5. The summed E-state index contributed by atoms with van der Waals surface area (Å²) in [6.45, 7) is 2.39. The van der Waals surface area contributed by atoms with E-state index in [1.165, 1.54) is 10.8 Å². The van der Waals surface area contributed by atoms with E-state index in [1.807, 2.05) is 25.1 Å². The van der Waals surface area contributed by atoms with Gasteiger partial charge in [-0.1, -0.05) is 30.7 Å². The van der Waals surface area contributed by atoms with Crippen molar-refractivity contribution in [2.24, 2.45) is 0 Å². The van der Waals surface area contributed by atoms with Gasteiger partial charge in [0.2, 0.25) is 0 Å². The summed E-state index contributed by atoms with van der Waals surface area (Å²) in [6, 6.07) is 7.44. The number of hydrogen-bond donors (Lipinski definition) is 1. The Balaban J connectivity index is 1.94. The van der Waals surface area contributed by atoms with Crippen LogP contribution in [0, 0.1) is 0 Å². The molecule has 0 aliphatic heterocycles. The Morgan fingerprint density at radius 1 is 1.26 bits per heavy atom. The molecule has 0 radical (unpaired) electrons. The van der Waals surface area contributed by atoms with Crippen LogP contribution >= 0.6 is 11.6 Å². The number of aryl methyl sites for hydroxylation is 1. The summed E-state index contributed by atoms with van der Waals surface area (Å²) in [5, 5.41) is 0.945. The summed E-state index contributed by atoms with van der Waals surface area (Å²) in [5.41, 5.74) is 1.45. The third kappa shape index (κ3) is 3.00. The molecule has 0 bridgehead atoms. The Morgan fingerprint density at radius 3 is 2.81 bits per heavy atom. The summed E-state index contributed by atoms with van der Waals surface area (Å²) in [6.07, 6.45) is 3.09. The molecular formula is C20H18ClN3O3. The third-order valence-electron chi connectivity index (χ3n) is 5.06. The minimum absolute atomic E-state index is 0.0525. The lowest BCUT2D eigenvalue weighted by atomic mass is 9.79. The number of carbonyl (C=O) groups excluding carboxylic acids is 1. The number of nitrogens with one attached hydrogen (secondary N) is 1. The Morgan fingerprint density at radius 2 is 2.07 bits per heavy atom. The van der Waals surface area contributed by atoms with E-state index in [2.05, 4.69) is 9.97 Å². The van der Waals surface area contributed by atoms with Crippen molar-refractivity contribution in [3.8, 4) is 0 Å². The van der Waals surface area contributed by atoms with Crippen molar-refractivity contribution < 1.29 is 4.79 Å². The SMILES string of the molecule is CCCn1c(=O)[nH]c(=O)c2c3c(cnc21)C(=O)CC(c1cccc(Cl)c1)C3. The van der Waals surface area contributed by atoms with Crippen LogP contribution in [0.3, 0.4) is 0 Å². The third-order valence-corrected chi connectivity index (χ3v) is 5.30. The fourth-order valence-electron chi connectivity index (χ4n) is 3.84. The molecule has 0 spiro atoms. The number of Topliss-reactive ketones (excluding diaryl/α,β-unsaturated/α-hetero) is 1. The number of carbonyl (C=O) groups is 1. The van der Waals surface area contributed by atoms with Crippen molar-refractivity contribution in [3.05, 3.63) is 73.0 Å². The van der Waals surface area contributed by atoms with Gasteiger partial charge in [0.15, 0.2) is 5.78 Å². The van der Waals surface area contributed by atoms with E-state index in [-0.39, 0.29) is 11.7 Å². The smallest absolute Gasteiger partial charge is 0.294 e. The van der Waals surface area contributed by atoms with Gasteiger partial charge in [-0.25, -0.2) is 9.78 Å². The number of fused-ring (bicyclic) bond motifs is 3. The molecule has 1 unspecified atom stereocenters. The second-order valence-corrected chi connectivity index (χ2v) is 7.28. The standard InChI is InChI=1S/C20H18ClN3O3/c1-2-6-24-18-17(19(26)23-20(24)27)14-8-12(9-16(25)15(14)10-22-18)11-4-3-5-13(21)7-11/h3-5,7,10,12H,2,6,8-9H2,1H3,(H,23,26,27). The van der Waals surface area contributed by atoms with Gasteiger partial charge in [0.25, 0.3) is 5.56 Å². The lowest BCUT2D eigenvalue weighted by molar-refractivity contribution is 0.0964. The minimum atomic E-state index is -0.494. The van der Waals surface area contributed by atoms with Crippen LogP contribution in [-0.2, 0) is 13.0 Å². The van der Waals surface area contributed by atoms with Crippen LogP contribution in [0.5, 0.6) is 0 Å². The number of aromatic nitrogens is 3. The van der Waals surface area contributed by atoms with Gasteiger partial charge in [0.1, 0.15) is 5.65 Å². The van der Waals surface area contributed by atoms with E-state index in [0.717, 1.165) is 12.0 Å².